The quantitative estimate of drug-likeness (QED) is 0.679. The van der Waals surface area contributed by atoms with Crippen LogP contribution in [0.4, 0.5) is 10.1 Å². The van der Waals surface area contributed by atoms with Gasteiger partial charge < -0.3 is 10.1 Å². The lowest BCUT2D eigenvalue weighted by Gasteiger charge is -2.20. The third-order valence-electron chi connectivity index (χ3n) is 3.27. The minimum absolute atomic E-state index is 0.0391. The molecule has 0 amide bonds. The molecule has 74 valence electrons. The Morgan fingerprint density at radius 2 is 2.36 bits per heavy atom. The summed E-state index contributed by atoms with van der Waals surface area (Å²) in [6, 6.07) is 4.96. The van der Waals surface area contributed by atoms with Crippen molar-refractivity contribution in [3.05, 3.63) is 29.6 Å². The lowest BCUT2D eigenvalue weighted by atomic mass is 9.82. The molecule has 0 saturated carbocycles. The molecule has 3 heteroatoms. The van der Waals surface area contributed by atoms with Crippen molar-refractivity contribution in [2.75, 3.05) is 25.1 Å². The third kappa shape index (κ3) is 0.989. The number of anilines is 1. The molecule has 0 unspecified atom stereocenters. The molecule has 1 saturated heterocycles. The van der Waals surface area contributed by atoms with E-state index >= 15 is 0 Å². The van der Waals surface area contributed by atoms with Crippen molar-refractivity contribution in [2.45, 2.75) is 11.8 Å². The van der Waals surface area contributed by atoms with Crippen LogP contribution in [-0.4, -0.2) is 19.8 Å². The molecule has 0 aromatic heterocycles. The smallest absolute Gasteiger partial charge is 0.123 e. The van der Waals surface area contributed by atoms with Gasteiger partial charge >= 0.3 is 0 Å². The molecule has 1 aromatic carbocycles. The average molecular weight is 193 g/mol. The van der Waals surface area contributed by atoms with Crippen LogP contribution >= 0.6 is 0 Å². The van der Waals surface area contributed by atoms with E-state index in [4.69, 9.17) is 4.74 Å². The van der Waals surface area contributed by atoms with Crippen LogP contribution in [0.2, 0.25) is 0 Å². The zero-order chi connectivity index (χ0) is 9.60. The van der Waals surface area contributed by atoms with Gasteiger partial charge in [-0.15, -0.1) is 0 Å². The Morgan fingerprint density at radius 1 is 1.43 bits per heavy atom. The molecule has 2 aliphatic rings. The van der Waals surface area contributed by atoms with Gasteiger partial charge in [0.05, 0.1) is 6.61 Å². The molecule has 0 bridgehead atoms. The summed E-state index contributed by atoms with van der Waals surface area (Å²) >= 11 is 0. The van der Waals surface area contributed by atoms with Crippen molar-refractivity contribution in [1.29, 1.82) is 0 Å². The first-order valence-electron chi connectivity index (χ1n) is 4.92. The van der Waals surface area contributed by atoms with E-state index in [1.165, 1.54) is 6.07 Å². The van der Waals surface area contributed by atoms with Crippen LogP contribution < -0.4 is 5.32 Å². The molecule has 1 atom stereocenters. The van der Waals surface area contributed by atoms with E-state index in [1.807, 2.05) is 6.07 Å². The maximum Gasteiger partial charge on any atom is 0.123 e. The highest BCUT2D eigenvalue weighted by Gasteiger charge is 2.42. The number of rotatable bonds is 0. The second kappa shape index (κ2) is 2.70. The van der Waals surface area contributed by atoms with Crippen LogP contribution in [0.1, 0.15) is 12.0 Å². The number of benzene rings is 1. The first-order valence-corrected chi connectivity index (χ1v) is 4.92. The first kappa shape index (κ1) is 8.24. The molecule has 2 heterocycles. The van der Waals surface area contributed by atoms with Crippen LogP contribution in [0.3, 0.4) is 0 Å². The van der Waals surface area contributed by atoms with Crippen LogP contribution in [0.15, 0.2) is 18.2 Å². The van der Waals surface area contributed by atoms with Crippen molar-refractivity contribution in [3.63, 3.8) is 0 Å². The van der Waals surface area contributed by atoms with E-state index in [9.17, 15) is 4.39 Å². The Bertz CT molecular complexity index is 372. The first-order chi connectivity index (χ1) is 6.80. The van der Waals surface area contributed by atoms with E-state index in [0.29, 0.717) is 0 Å². The topological polar surface area (TPSA) is 21.3 Å². The summed E-state index contributed by atoms with van der Waals surface area (Å²) in [7, 11) is 0. The third-order valence-corrected chi connectivity index (χ3v) is 3.27. The van der Waals surface area contributed by atoms with Crippen molar-refractivity contribution in [2.24, 2.45) is 0 Å². The van der Waals surface area contributed by atoms with Gasteiger partial charge in [0, 0.05) is 24.3 Å². The lowest BCUT2D eigenvalue weighted by Crippen LogP contribution is -2.28. The molecule has 3 rings (SSSR count). The molecular weight excluding hydrogens is 181 g/mol. The Labute approximate surface area is 82.1 Å². The van der Waals surface area contributed by atoms with E-state index in [0.717, 1.165) is 37.4 Å². The minimum Gasteiger partial charge on any atom is -0.384 e. The zero-order valence-electron chi connectivity index (χ0n) is 7.85. The molecule has 0 aliphatic carbocycles. The highest BCUT2D eigenvalue weighted by atomic mass is 19.1. The maximum absolute atomic E-state index is 13.1. The number of hydrogen-bond donors (Lipinski definition) is 1. The molecule has 2 aliphatic heterocycles. The average Bonchev–Trinajstić information content (AvgIpc) is 2.77. The molecule has 1 spiro atoms. The van der Waals surface area contributed by atoms with Gasteiger partial charge in [-0.05, 0) is 30.2 Å². The van der Waals surface area contributed by atoms with Crippen molar-refractivity contribution >= 4 is 5.69 Å². The van der Waals surface area contributed by atoms with E-state index in [-0.39, 0.29) is 11.2 Å². The second-order valence-electron chi connectivity index (χ2n) is 4.13. The van der Waals surface area contributed by atoms with E-state index in [1.54, 1.807) is 6.07 Å². The summed E-state index contributed by atoms with van der Waals surface area (Å²) in [5.74, 6) is -0.154. The predicted octanol–water partition coefficient (Wildman–Crippen LogP) is 1.91. The molecule has 1 fully saturated rings. The SMILES string of the molecule is Fc1ccc2c(c1)[C@]1(CCOC1)CN2. The second-order valence-corrected chi connectivity index (χ2v) is 4.13. The molecule has 1 aromatic rings. The largest absolute Gasteiger partial charge is 0.384 e. The number of halogens is 1. The standard InChI is InChI=1S/C11H12FNO/c12-8-1-2-10-9(5-8)11(6-13-10)3-4-14-7-11/h1-2,5,13H,3-4,6-7H2/t11-/m1/s1. The number of hydrogen-bond acceptors (Lipinski definition) is 2. The van der Waals surface area contributed by atoms with E-state index in [2.05, 4.69) is 5.32 Å². The summed E-state index contributed by atoms with van der Waals surface area (Å²) in [6.45, 7) is 2.39. The maximum atomic E-state index is 13.1. The highest BCUT2D eigenvalue weighted by Crippen LogP contribution is 2.42. The molecule has 14 heavy (non-hydrogen) atoms. The Morgan fingerprint density at radius 3 is 3.14 bits per heavy atom. The van der Waals surface area contributed by atoms with Gasteiger partial charge in [0.2, 0.25) is 0 Å². The van der Waals surface area contributed by atoms with Crippen LogP contribution in [-0.2, 0) is 10.2 Å². The summed E-state index contributed by atoms with van der Waals surface area (Å²) in [5.41, 5.74) is 2.20. The van der Waals surface area contributed by atoms with Gasteiger partial charge in [0.15, 0.2) is 0 Å². The van der Waals surface area contributed by atoms with Crippen LogP contribution in [0.5, 0.6) is 0 Å². The monoisotopic (exact) mass is 193 g/mol. The van der Waals surface area contributed by atoms with Gasteiger partial charge in [-0.1, -0.05) is 0 Å². The summed E-state index contributed by atoms with van der Waals surface area (Å²) in [6.07, 6.45) is 0.996. The zero-order valence-corrected chi connectivity index (χ0v) is 7.85. The van der Waals surface area contributed by atoms with Crippen molar-refractivity contribution in [1.82, 2.24) is 0 Å². The predicted molar refractivity (Wildman–Crippen MR) is 52.0 cm³/mol. The fourth-order valence-electron chi connectivity index (χ4n) is 2.43. The van der Waals surface area contributed by atoms with E-state index < -0.39 is 0 Å². The summed E-state index contributed by atoms with van der Waals surface area (Å²) < 4.78 is 18.5. The van der Waals surface area contributed by atoms with Gasteiger partial charge in [-0.2, -0.15) is 0 Å². The molecule has 2 nitrogen and oxygen atoms in total. The molecular formula is C11H12FNO. The Kier molecular flexibility index (Phi) is 1.59. The Balaban J connectivity index is 2.12. The fraction of sp³-hybridized carbons (Fsp3) is 0.455. The normalized spacial score (nSPS) is 29.2. The summed E-state index contributed by atoms with van der Waals surface area (Å²) in [4.78, 5) is 0. The summed E-state index contributed by atoms with van der Waals surface area (Å²) in [5, 5.41) is 3.31. The van der Waals surface area contributed by atoms with Gasteiger partial charge in [-0.25, -0.2) is 4.39 Å². The lowest BCUT2D eigenvalue weighted by molar-refractivity contribution is 0.181. The van der Waals surface area contributed by atoms with Gasteiger partial charge in [-0.3, -0.25) is 0 Å². The number of fused-ring (bicyclic) bond motifs is 2. The van der Waals surface area contributed by atoms with Crippen LogP contribution in [0.25, 0.3) is 0 Å². The van der Waals surface area contributed by atoms with Crippen molar-refractivity contribution in [3.8, 4) is 0 Å². The fourth-order valence-corrected chi connectivity index (χ4v) is 2.43. The number of nitrogens with one attached hydrogen (secondary N) is 1. The molecule has 0 radical (unpaired) electrons. The van der Waals surface area contributed by atoms with Crippen molar-refractivity contribution < 1.29 is 9.13 Å². The number of ether oxygens (including phenoxy) is 1. The van der Waals surface area contributed by atoms with Crippen LogP contribution in [0, 0.1) is 5.82 Å². The highest BCUT2D eigenvalue weighted by molar-refractivity contribution is 5.60. The molecule has 1 N–H and O–H groups in total. The minimum atomic E-state index is -0.154. The van der Waals surface area contributed by atoms with Gasteiger partial charge in [0.25, 0.3) is 0 Å². The Hall–Kier alpha value is -1.09. The van der Waals surface area contributed by atoms with Gasteiger partial charge in [0.1, 0.15) is 5.82 Å².